The van der Waals surface area contributed by atoms with Gasteiger partial charge in [-0.3, -0.25) is 4.57 Å². The van der Waals surface area contributed by atoms with Crippen molar-refractivity contribution in [3.8, 4) is 5.69 Å². The van der Waals surface area contributed by atoms with Gasteiger partial charge in [0.2, 0.25) is 10.0 Å². The van der Waals surface area contributed by atoms with Gasteiger partial charge in [0.25, 0.3) is 0 Å². The summed E-state index contributed by atoms with van der Waals surface area (Å²) in [7, 11) is -4.30. The number of aryl methyl sites for hydroxylation is 1. The normalized spacial score (nSPS) is 12.2. The van der Waals surface area contributed by atoms with E-state index in [0.29, 0.717) is 27.7 Å². The highest BCUT2D eigenvalue weighted by atomic mass is 35.5. The van der Waals surface area contributed by atoms with E-state index in [4.69, 9.17) is 23.2 Å². The predicted molar refractivity (Wildman–Crippen MR) is 138 cm³/mol. The molecule has 0 atom stereocenters. The highest BCUT2D eigenvalue weighted by Gasteiger charge is 2.31. The second-order valence-corrected chi connectivity index (χ2v) is 11.4. The second-order valence-electron chi connectivity index (χ2n) is 7.90. The summed E-state index contributed by atoms with van der Waals surface area (Å²) in [5, 5.41) is 9.49. The van der Waals surface area contributed by atoms with Crippen molar-refractivity contribution in [1.82, 2.24) is 19.5 Å². The average Bonchev–Trinajstić information content (AvgIpc) is 3.24. The molecule has 13 heteroatoms. The summed E-state index contributed by atoms with van der Waals surface area (Å²) in [5.41, 5.74) is 1.58. The molecular formula is C24H19Cl2F3N4O2S2. The highest BCUT2D eigenvalue weighted by Crippen LogP contribution is 2.32. The van der Waals surface area contributed by atoms with Crippen LogP contribution in [0.3, 0.4) is 0 Å². The molecule has 0 fully saturated rings. The first kappa shape index (κ1) is 27.5. The Hall–Kier alpha value is -2.57. The van der Waals surface area contributed by atoms with E-state index in [1.54, 1.807) is 16.7 Å². The number of benzene rings is 3. The van der Waals surface area contributed by atoms with Crippen molar-refractivity contribution in [2.45, 2.75) is 35.4 Å². The molecule has 37 heavy (non-hydrogen) atoms. The van der Waals surface area contributed by atoms with E-state index in [2.05, 4.69) is 14.9 Å². The van der Waals surface area contributed by atoms with Crippen LogP contribution in [0, 0.1) is 6.92 Å². The van der Waals surface area contributed by atoms with Gasteiger partial charge in [-0.2, -0.15) is 13.2 Å². The minimum Gasteiger partial charge on any atom is -0.271 e. The molecule has 0 radical (unpaired) electrons. The van der Waals surface area contributed by atoms with Gasteiger partial charge < -0.3 is 0 Å². The molecule has 4 rings (SSSR count). The van der Waals surface area contributed by atoms with Crippen molar-refractivity contribution >= 4 is 45.0 Å². The molecule has 3 aromatic carbocycles. The molecule has 0 unspecified atom stereocenters. The molecule has 0 aliphatic rings. The Morgan fingerprint density at radius 1 is 1.00 bits per heavy atom. The lowest BCUT2D eigenvalue weighted by atomic mass is 10.1. The summed E-state index contributed by atoms with van der Waals surface area (Å²) in [4.78, 5) is -0.521. The zero-order valence-electron chi connectivity index (χ0n) is 19.1. The maximum atomic E-state index is 13.1. The van der Waals surface area contributed by atoms with Crippen LogP contribution in [0.2, 0.25) is 10.0 Å². The topological polar surface area (TPSA) is 76.9 Å². The van der Waals surface area contributed by atoms with Crippen molar-refractivity contribution in [2.24, 2.45) is 0 Å². The van der Waals surface area contributed by atoms with Crippen LogP contribution in [0.25, 0.3) is 5.69 Å². The van der Waals surface area contributed by atoms with Gasteiger partial charge in [-0.05, 0) is 54.4 Å². The zero-order chi connectivity index (χ0) is 26.8. The zero-order valence-corrected chi connectivity index (χ0v) is 22.3. The van der Waals surface area contributed by atoms with E-state index in [-0.39, 0.29) is 17.4 Å². The van der Waals surface area contributed by atoms with Crippen molar-refractivity contribution in [3.05, 3.63) is 99.3 Å². The maximum absolute atomic E-state index is 13.1. The molecule has 1 aromatic heterocycles. The molecule has 0 bridgehead atoms. The molecule has 0 saturated carbocycles. The number of rotatable bonds is 8. The molecular weight excluding hydrogens is 568 g/mol. The van der Waals surface area contributed by atoms with E-state index >= 15 is 0 Å². The fraction of sp³-hybridized carbons (Fsp3) is 0.167. The molecule has 0 aliphatic heterocycles. The van der Waals surface area contributed by atoms with Gasteiger partial charge >= 0.3 is 6.18 Å². The van der Waals surface area contributed by atoms with E-state index in [1.807, 2.05) is 31.2 Å². The maximum Gasteiger partial charge on any atom is 0.416 e. The number of sulfonamides is 1. The van der Waals surface area contributed by atoms with E-state index < -0.39 is 26.7 Å². The Balaban J connectivity index is 1.65. The number of hydrogen-bond acceptors (Lipinski definition) is 5. The van der Waals surface area contributed by atoms with Gasteiger partial charge in [0, 0.05) is 10.8 Å². The molecule has 0 aliphatic carbocycles. The van der Waals surface area contributed by atoms with E-state index in [0.717, 1.165) is 29.3 Å². The van der Waals surface area contributed by atoms with Gasteiger partial charge in [-0.25, -0.2) is 13.1 Å². The van der Waals surface area contributed by atoms with Crippen LogP contribution in [-0.4, -0.2) is 23.2 Å². The fourth-order valence-corrected chi connectivity index (χ4v) is 5.97. The molecule has 194 valence electrons. The number of thioether (sulfide) groups is 1. The molecule has 6 nitrogen and oxygen atoms in total. The number of hydrogen-bond donors (Lipinski definition) is 1. The molecule has 4 aromatic rings. The summed E-state index contributed by atoms with van der Waals surface area (Å²) >= 11 is 13.9. The van der Waals surface area contributed by atoms with Crippen LogP contribution in [0.5, 0.6) is 0 Å². The number of nitrogens with one attached hydrogen (secondary N) is 1. The Labute approximate surface area is 225 Å². The van der Waals surface area contributed by atoms with Crippen LogP contribution in [-0.2, 0) is 28.5 Å². The molecule has 0 spiro atoms. The van der Waals surface area contributed by atoms with Crippen molar-refractivity contribution in [2.75, 3.05) is 0 Å². The Kier molecular flexibility index (Phi) is 8.20. The molecule has 1 heterocycles. The summed E-state index contributed by atoms with van der Waals surface area (Å²) in [6, 6.07) is 16.1. The highest BCUT2D eigenvalue weighted by molar-refractivity contribution is 7.98. The first-order chi connectivity index (χ1) is 17.5. The summed E-state index contributed by atoms with van der Waals surface area (Å²) in [5.74, 6) is 0.749. The Morgan fingerprint density at radius 3 is 2.46 bits per heavy atom. The monoisotopic (exact) mass is 586 g/mol. The number of aromatic nitrogens is 3. The minimum atomic E-state index is -4.68. The van der Waals surface area contributed by atoms with Crippen LogP contribution in [0.15, 0.2) is 76.8 Å². The smallest absolute Gasteiger partial charge is 0.271 e. The Bertz CT molecular complexity index is 1540. The van der Waals surface area contributed by atoms with Crippen LogP contribution in [0.1, 0.15) is 22.5 Å². The number of alkyl halides is 3. The summed E-state index contributed by atoms with van der Waals surface area (Å²) < 4.78 is 68.8. The summed E-state index contributed by atoms with van der Waals surface area (Å²) in [6.45, 7) is 1.64. The second kappa shape index (κ2) is 11.0. The van der Waals surface area contributed by atoms with Gasteiger partial charge in [0.1, 0.15) is 0 Å². The van der Waals surface area contributed by atoms with E-state index in [1.165, 1.54) is 17.8 Å². The lowest BCUT2D eigenvalue weighted by Gasteiger charge is -2.14. The van der Waals surface area contributed by atoms with E-state index in [9.17, 15) is 21.6 Å². The third kappa shape index (κ3) is 6.47. The SMILES string of the molecule is Cc1ccccc1CSc1nnc(CNS(=O)(=O)c2cccc(C(F)(F)F)c2)n1-c1ccc(Cl)cc1Cl. The van der Waals surface area contributed by atoms with Gasteiger partial charge in [-0.1, -0.05) is 65.3 Å². The van der Waals surface area contributed by atoms with Gasteiger partial charge in [0.15, 0.2) is 11.0 Å². The lowest BCUT2D eigenvalue weighted by molar-refractivity contribution is -0.137. The standard InChI is InChI=1S/C24H19Cl2F3N4O2S2/c1-15-5-2-3-6-16(15)14-36-23-32-31-22(33(23)21-10-9-18(25)12-20(21)26)13-30-37(34,35)19-8-4-7-17(11-19)24(27,28)29/h2-12,30H,13-14H2,1H3. The number of nitrogens with zero attached hydrogens (tertiary/aromatic N) is 3. The Morgan fingerprint density at radius 2 is 1.76 bits per heavy atom. The molecule has 0 saturated heterocycles. The van der Waals surface area contributed by atoms with Crippen molar-refractivity contribution in [3.63, 3.8) is 0 Å². The number of halogens is 5. The van der Waals surface area contributed by atoms with Crippen molar-refractivity contribution in [1.29, 1.82) is 0 Å². The van der Waals surface area contributed by atoms with Gasteiger partial charge in [-0.15, -0.1) is 10.2 Å². The van der Waals surface area contributed by atoms with Crippen LogP contribution < -0.4 is 4.72 Å². The molecule has 1 N–H and O–H groups in total. The van der Waals surface area contributed by atoms with Crippen LogP contribution in [0.4, 0.5) is 13.2 Å². The molecule has 0 amide bonds. The quantitative estimate of drug-likeness (QED) is 0.233. The average molecular weight is 587 g/mol. The van der Waals surface area contributed by atoms with Crippen molar-refractivity contribution < 1.29 is 21.6 Å². The first-order valence-corrected chi connectivity index (χ1v) is 13.9. The fourth-order valence-electron chi connectivity index (χ4n) is 3.41. The van der Waals surface area contributed by atoms with Crippen LogP contribution >= 0.6 is 35.0 Å². The van der Waals surface area contributed by atoms with Gasteiger partial charge in [0.05, 0.1) is 27.7 Å². The first-order valence-electron chi connectivity index (χ1n) is 10.7. The third-order valence-electron chi connectivity index (χ3n) is 5.36. The third-order valence-corrected chi connectivity index (χ3v) is 8.28. The summed E-state index contributed by atoms with van der Waals surface area (Å²) in [6.07, 6.45) is -4.68. The predicted octanol–water partition coefficient (Wildman–Crippen LogP) is 6.67. The minimum absolute atomic E-state index is 0.187. The lowest BCUT2D eigenvalue weighted by Crippen LogP contribution is -2.25. The largest absolute Gasteiger partial charge is 0.416 e.